The van der Waals surface area contributed by atoms with E-state index < -0.39 is 0 Å². The van der Waals surface area contributed by atoms with Crippen molar-refractivity contribution >= 4 is 11.8 Å². The predicted octanol–water partition coefficient (Wildman–Crippen LogP) is 7.08. The predicted molar refractivity (Wildman–Crippen MR) is 145 cm³/mol. The number of fused-ring (bicyclic) bond motifs is 1. The third-order valence-electron chi connectivity index (χ3n) is 6.32. The van der Waals surface area contributed by atoms with Crippen LogP contribution in [0.2, 0.25) is 0 Å². The van der Waals surface area contributed by atoms with Crippen LogP contribution in [0.4, 0.5) is 0 Å². The minimum absolute atomic E-state index is 0.387. The molecular weight excluding hydrogens is 438 g/mol. The summed E-state index contributed by atoms with van der Waals surface area (Å²) in [6.07, 6.45) is 2.44. The van der Waals surface area contributed by atoms with Crippen LogP contribution >= 0.6 is 11.8 Å². The smallest absolute Gasteiger partial charge is 0.119 e. The molecule has 0 spiro atoms. The zero-order valence-electron chi connectivity index (χ0n) is 20.8. The molecule has 2 unspecified atom stereocenters. The summed E-state index contributed by atoms with van der Waals surface area (Å²) in [6, 6.07) is 26.0. The molecule has 0 bridgehead atoms. The quantitative estimate of drug-likeness (QED) is 0.435. The van der Waals surface area contributed by atoms with Gasteiger partial charge in [0.1, 0.15) is 18.1 Å². The van der Waals surface area contributed by atoms with E-state index in [9.17, 15) is 5.11 Å². The largest absolute Gasteiger partial charge is 0.508 e. The SMILES string of the molecule is CC1CN(CCOc2ccccc2)CC1C.Cc1ccccc1.Oc1ccc2c(c1)SCCC2. The van der Waals surface area contributed by atoms with Crippen molar-refractivity contribution in [2.75, 3.05) is 32.0 Å². The Labute approximate surface area is 210 Å². The molecule has 5 rings (SSSR count). The average molecular weight is 478 g/mol. The van der Waals surface area contributed by atoms with E-state index in [1.165, 1.54) is 47.7 Å². The van der Waals surface area contributed by atoms with Gasteiger partial charge in [0.05, 0.1) is 0 Å². The average Bonchev–Trinajstić information content (AvgIpc) is 3.18. The summed E-state index contributed by atoms with van der Waals surface area (Å²) < 4.78 is 5.70. The number of para-hydroxylation sites is 1. The number of thioether (sulfide) groups is 1. The molecule has 0 amide bonds. The Hall–Kier alpha value is -2.43. The Bertz CT molecular complexity index is 954. The molecule has 182 valence electrons. The van der Waals surface area contributed by atoms with E-state index in [-0.39, 0.29) is 0 Å². The standard InChI is InChI=1S/C14H21NO.C9H10OS.C7H8/c1-12-10-15(11-13(12)2)8-9-16-14-6-4-3-5-7-14;10-8-4-3-7-2-1-5-11-9(7)6-8;1-7-5-3-2-4-6-7/h3-7,12-13H,8-11H2,1-2H3;3-4,6,10H,1-2,5H2;2-6H,1H3. The molecule has 2 heterocycles. The summed E-state index contributed by atoms with van der Waals surface area (Å²) in [7, 11) is 0. The number of aryl methyl sites for hydroxylation is 2. The topological polar surface area (TPSA) is 32.7 Å². The van der Waals surface area contributed by atoms with Gasteiger partial charge in [-0.15, -0.1) is 11.8 Å². The molecule has 3 aromatic carbocycles. The number of likely N-dealkylation sites (tertiary alicyclic amines) is 1. The molecule has 1 fully saturated rings. The van der Waals surface area contributed by atoms with Gasteiger partial charge in [0.25, 0.3) is 0 Å². The van der Waals surface area contributed by atoms with Crippen molar-refractivity contribution in [2.24, 2.45) is 11.8 Å². The third-order valence-corrected chi connectivity index (χ3v) is 7.51. The lowest BCUT2D eigenvalue weighted by molar-refractivity contribution is 0.232. The van der Waals surface area contributed by atoms with Crippen molar-refractivity contribution in [2.45, 2.75) is 38.5 Å². The molecule has 0 saturated carbocycles. The highest BCUT2D eigenvalue weighted by atomic mass is 32.2. The second-order valence-corrected chi connectivity index (χ2v) is 10.4. The highest BCUT2D eigenvalue weighted by Gasteiger charge is 2.25. The summed E-state index contributed by atoms with van der Waals surface area (Å²) in [5, 5.41) is 9.17. The van der Waals surface area contributed by atoms with Gasteiger partial charge in [-0.1, -0.05) is 74.0 Å². The van der Waals surface area contributed by atoms with E-state index in [1.807, 2.05) is 72.4 Å². The Morgan fingerprint density at radius 1 is 0.912 bits per heavy atom. The van der Waals surface area contributed by atoms with Gasteiger partial charge in [-0.3, -0.25) is 4.90 Å². The van der Waals surface area contributed by atoms with Crippen LogP contribution in [-0.4, -0.2) is 42.0 Å². The zero-order valence-corrected chi connectivity index (χ0v) is 21.6. The number of hydrogen-bond acceptors (Lipinski definition) is 4. The van der Waals surface area contributed by atoms with Crippen LogP contribution in [0, 0.1) is 18.8 Å². The maximum atomic E-state index is 9.17. The Kier molecular flexibility index (Phi) is 10.8. The highest BCUT2D eigenvalue weighted by molar-refractivity contribution is 7.99. The first-order valence-electron chi connectivity index (χ1n) is 12.4. The number of ether oxygens (including phenoxy) is 1. The van der Waals surface area contributed by atoms with Crippen molar-refractivity contribution in [1.82, 2.24) is 4.90 Å². The maximum Gasteiger partial charge on any atom is 0.119 e. The molecule has 1 saturated heterocycles. The molecule has 2 aliphatic heterocycles. The first-order chi connectivity index (χ1) is 16.5. The molecule has 0 radical (unpaired) electrons. The zero-order chi connectivity index (χ0) is 24.2. The lowest BCUT2D eigenvalue weighted by Gasteiger charge is -2.15. The van der Waals surface area contributed by atoms with Gasteiger partial charge in [0.15, 0.2) is 0 Å². The van der Waals surface area contributed by atoms with Gasteiger partial charge < -0.3 is 9.84 Å². The summed E-state index contributed by atoms with van der Waals surface area (Å²) in [6.45, 7) is 11.0. The fraction of sp³-hybridized carbons (Fsp3) is 0.400. The molecule has 1 N–H and O–H groups in total. The van der Waals surface area contributed by atoms with Crippen LogP contribution in [0.3, 0.4) is 0 Å². The number of nitrogens with zero attached hydrogens (tertiary/aromatic N) is 1. The lowest BCUT2D eigenvalue weighted by Crippen LogP contribution is -2.26. The molecular formula is C30H39NO2S. The molecule has 2 aliphatic rings. The third kappa shape index (κ3) is 9.08. The fourth-order valence-electron chi connectivity index (χ4n) is 4.10. The fourth-order valence-corrected chi connectivity index (χ4v) is 5.17. The second kappa shape index (κ2) is 14.1. The van der Waals surface area contributed by atoms with Crippen molar-refractivity contribution in [3.05, 3.63) is 90.0 Å². The highest BCUT2D eigenvalue weighted by Crippen LogP contribution is 2.32. The number of phenolic OH excluding ortho intramolecular Hbond substituents is 1. The van der Waals surface area contributed by atoms with Gasteiger partial charge in [-0.05, 0) is 67.2 Å². The van der Waals surface area contributed by atoms with Crippen LogP contribution in [0.5, 0.6) is 11.5 Å². The van der Waals surface area contributed by atoms with Crippen LogP contribution < -0.4 is 4.74 Å². The van der Waals surface area contributed by atoms with Crippen molar-refractivity contribution in [3.8, 4) is 11.5 Å². The van der Waals surface area contributed by atoms with Crippen LogP contribution in [0.1, 0.15) is 31.4 Å². The number of aromatic hydroxyl groups is 1. The van der Waals surface area contributed by atoms with Gasteiger partial charge in [0.2, 0.25) is 0 Å². The minimum atomic E-state index is 0.387. The number of benzene rings is 3. The van der Waals surface area contributed by atoms with Crippen molar-refractivity contribution in [1.29, 1.82) is 0 Å². The first-order valence-corrected chi connectivity index (χ1v) is 13.4. The molecule has 0 aliphatic carbocycles. The molecule has 3 aromatic rings. The van der Waals surface area contributed by atoms with E-state index in [4.69, 9.17) is 4.74 Å². The first kappa shape index (κ1) is 26.2. The van der Waals surface area contributed by atoms with Crippen molar-refractivity contribution in [3.63, 3.8) is 0 Å². The van der Waals surface area contributed by atoms with Crippen LogP contribution in [0.25, 0.3) is 0 Å². The Balaban J connectivity index is 0.000000155. The molecule has 3 nitrogen and oxygen atoms in total. The lowest BCUT2D eigenvalue weighted by atomic mass is 10.0. The monoisotopic (exact) mass is 477 g/mol. The number of rotatable bonds is 4. The van der Waals surface area contributed by atoms with Gasteiger partial charge in [-0.25, -0.2) is 0 Å². The molecule has 2 atom stereocenters. The summed E-state index contributed by atoms with van der Waals surface area (Å²) in [4.78, 5) is 3.76. The van der Waals surface area contributed by atoms with E-state index in [0.29, 0.717) is 5.75 Å². The van der Waals surface area contributed by atoms with Crippen LogP contribution in [0.15, 0.2) is 83.8 Å². The Morgan fingerprint density at radius 3 is 2.18 bits per heavy atom. The van der Waals surface area contributed by atoms with Crippen LogP contribution in [-0.2, 0) is 6.42 Å². The van der Waals surface area contributed by atoms with Gasteiger partial charge in [-0.2, -0.15) is 0 Å². The summed E-state index contributed by atoms with van der Waals surface area (Å²) in [5.74, 6) is 4.21. The van der Waals surface area contributed by atoms with Crippen molar-refractivity contribution < 1.29 is 9.84 Å². The number of hydrogen-bond donors (Lipinski definition) is 1. The molecule has 0 aromatic heterocycles. The Morgan fingerprint density at radius 2 is 1.56 bits per heavy atom. The molecule has 34 heavy (non-hydrogen) atoms. The van der Waals surface area contributed by atoms with E-state index in [0.717, 1.165) is 30.7 Å². The van der Waals surface area contributed by atoms with Gasteiger partial charge >= 0.3 is 0 Å². The minimum Gasteiger partial charge on any atom is -0.508 e. The summed E-state index contributed by atoms with van der Waals surface area (Å²) >= 11 is 1.84. The second-order valence-electron chi connectivity index (χ2n) is 9.27. The molecule has 4 heteroatoms. The maximum absolute atomic E-state index is 9.17. The van der Waals surface area contributed by atoms with E-state index in [2.05, 4.69) is 37.8 Å². The van der Waals surface area contributed by atoms with E-state index in [1.54, 1.807) is 6.07 Å². The van der Waals surface area contributed by atoms with Gasteiger partial charge in [0, 0.05) is 24.5 Å². The normalized spacial score (nSPS) is 19.1. The summed E-state index contributed by atoms with van der Waals surface area (Å²) in [5.41, 5.74) is 2.71. The number of phenols is 1. The van der Waals surface area contributed by atoms with E-state index >= 15 is 0 Å².